The van der Waals surface area contributed by atoms with Crippen LogP contribution in [0.1, 0.15) is 51.3 Å². The van der Waals surface area contributed by atoms with Gasteiger partial charge < -0.3 is 35.0 Å². The van der Waals surface area contributed by atoms with Crippen molar-refractivity contribution in [1.82, 2.24) is 20.5 Å². The first-order valence-corrected chi connectivity index (χ1v) is 15.3. The fraction of sp³-hybridized carbons (Fsp3) is 0.600. The molecule has 1 aromatic carbocycles. The van der Waals surface area contributed by atoms with Gasteiger partial charge in [-0.3, -0.25) is 19.7 Å². The number of thiazole rings is 1. The predicted octanol–water partition coefficient (Wildman–Crippen LogP) is 1.92. The average Bonchev–Trinajstić information content (AvgIpc) is 3.56. The molecule has 2 aromatic rings. The minimum Gasteiger partial charge on any atom is -0.481 e. The van der Waals surface area contributed by atoms with E-state index in [-0.39, 0.29) is 64.0 Å². The molecule has 1 aromatic heterocycles. The molecule has 0 spiro atoms. The SMILES string of the molecule is Cc1ncsc1-c1ccc(CNC(O)[C@@H]2C[C@@H](O)CN2C(=O)[C@@H](NC(=O)CCOCCOCCC(=O)O)C(C)(C)C)cc1. The van der Waals surface area contributed by atoms with Crippen molar-refractivity contribution in [3.8, 4) is 10.4 Å². The molecule has 0 bridgehead atoms. The summed E-state index contributed by atoms with van der Waals surface area (Å²) in [4.78, 5) is 43.8. The highest BCUT2D eigenvalue weighted by Crippen LogP contribution is 2.28. The van der Waals surface area contributed by atoms with Crippen LogP contribution >= 0.6 is 11.3 Å². The van der Waals surface area contributed by atoms with Crippen LogP contribution in [0, 0.1) is 12.3 Å². The number of nitrogens with zero attached hydrogens (tertiary/aromatic N) is 2. The van der Waals surface area contributed by atoms with Gasteiger partial charge >= 0.3 is 5.97 Å². The highest BCUT2D eigenvalue weighted by Gasteiger charge is 2.44. The smallest absolute Gasteiger partial charge is 0.305 e. The normalized spacial score (nSPS) is 18.4. The molecule has 2 heterocycles. The lowest BCUT2D eigenvalue weighted by Crippen LogP contribution is -2.58. The Hall–Kier alpha value is -2.94. The number of aliphatic hydroxyl groups excluding tert-OH is 2. The Morgan fingerprint density at radius 2 is 1.74 bits per heavy atom. The lowest BCUT2D eigenvalue weighted by molar-refractivity contribution is -0.142. The third kappa shape index (κ3) is 10.6. The van der Waals surface area contributed by atoms with E-state index in [9.17, 15) is 24.6 Å². The van der Waals surface area contributed by atoms with Crippen LogP contribution in [0.25, 0.3) is 10.4 Å². The maximum absolute atomic E-state index is 13.7. The van der Waals surface area contributed by atoms with Gasteiger partial charge in [0.1, 0.15) is 12.3 Å². The minimum atomic E-state index is -1.09. The molecule has 238 valence electrons. The second-order valence-corrected chi connectivity index (χ2v) is 12.6. The van der Waals surface area contributed by atoms with E-state index in [2.05, 4.69) is 15.6 Å². The Bertz CT molecular complexity index is 1200. The van der Waals surface area contributed by atoms with Crippen molar-refractivity contribution in [2.75, 3.05) is 33.0 Å². The van der Waals surface area contributed by atoms with E-state index in [0.717, 1.165) is 21.7 Å². The van der Waals surface area contributed by atoms with Gasteiger partial charge in [0, 0.05) is 19.5 Å². The first-order valence-electron chi connectivity index (χ1n) is 14.4. The average molecular weight is 621 g/mol. The number of ether oxygens (including phenoxy) is 2. The van der Waals surface area contributed by atoms with Crippen molar-refractivity contribution in [2.24, 2.45) is 5.41 Å². The van der Waals surface area contributed by atoms with Gasteiger partial charge in [-0.25, -0.2) is 4.98 Å². The van der Waals surface area contributed by atoms with Crippen LogP contribution in [0.3, 0.4) is 0 Å². The summed E-state index contributed by atoms with van der Waals surface area (Å²) in [5.74, 6) is -1.68. The first kappa shape index (κ1) is 34.5. The van der Waals surface area contributed by atoms with Gasteiger partial charge in [0.2, 0.25) is 11.8 Å². The van der Waals surface area contributed by atoms with E-state index in [1.54, 1.807) is 11.3 Å². The molecule has 3 rings (SSSR count). The number of aliphatic hydroxyl groups is 2. The maximum Gasteiger partial charge on any atom is 0.305 e. The van der Waals surface area contributed by atoms with Gasteiger partial charge in [-0.05, 0) is 29.9 Å². The number of nitrogens with one attached hydrogen (secondary N) is 2. The maximum atomic E-state index is 13.7. The number of carboxylic acid groups (broad SMARTS) is 1. The number of aryl methyl sites for hydroxylation is 1. The number of aromatic nitrogens is 1. The number of hydrogen-bond acceptors (Lipinski definition) is 10. The molecule has 5 N–H and O–H groups in total. The fourth-order valence-corrected chi connectivity index (χ4v) is 5.61. The molecule has 0 saturated carbocycles. The summed E-state index contributed by atoms with van der Waals surface area (Å²) in [7, 11) is 0. The molecule has 1 saturated heterocycles. The van der Waals surface area contributed by atoms with Gasteiger partial charge in [0.05, 0.1) is 61.1 Å². The highest BCUT2D eigenvalue weighted by molar-refractivity contribution is 7.13. The quantitative estimate of drug-likeness (QED) is 0.138. The third-order valence-corrected chi connectivity index (χ3v) is 8.15. The van der Waals surface area contributed by atoms with Crippen LogP contribution in [0.2, 0.25) is 0 Å². The van der Waals surface area contributed by atoms with E-state index in [1.165, 1.54) is 4.90 Å². The number of rotatable bonds is 16. The molecule has 1 aliphatic heterocycles. The van der Waals surface area contributed by atoms with Crippen LogP contribution < -0.4 is 10.6 Å². The summed E-state index contributed by atoms with van der Waals surface area (Å²) in [6, 6.07) is 6.41. The number of hydrogen-bond donors (Lipinski definition) is 5. The van der Waals surface area contributed by atoms with Gasteiger partial charge in [-0.2, -0.15) is 0 Å². The Balaban J connectivity index is 1.52. The topological polar surface area (TPSA) is 171 Å². The second kappa shape index (κ2) is 16.2. The van der Waals surface area contributed by atoms with Gasteiger partial charge in [0.25, 0.3) is 0 Å². The van der Waals surface area contributed by atoms with Crippen LogP contribution in [0.5, 0.6) is 0 Å². The minimum absolute atomic E-state index is 0.0204. The highest BCUT2D eigenvalue weighted by atomic mass is 32.1. The number of carbonyl (C=O) groups is 3. The lowest BCUT2D eigenvalue weighted by Gasteiger charge is -2.37. The monoisotopic (exact) mass is 620 g/mol. The van der Waals surface area contributed by atoms with Crippen LogP contribution in [-0.2, 0) is 30.4 Å². The van der Waals surface area contributed by atoms with E-state index in [1.807, 2.05) is 57.5 Å². The van der Waals surface area contributed by atoms with Gasteiger partial charge in [-0.1, -0.05) is 45.0 Å². The molecular formula is C30H44N4O8S. The first-order chi connectivity index (χ1) is 20.4. The van der Waals surface area contributed by atoms with Gasteiger partial charge in [-0.15, -0.1) is 11.3 Å². The molecule has 1 fully saturated rings. The van der Waals surface area contributed by atoms with E-state index >= 15 is 0 Å². The van der Waals surface area contributed by atoms with Crippen molar-refractivity contribution in [2.45, 2.75) is 77.9 Å². The summed E-state index contributed by atoms with van der Waals surface area (Å²) >= 11 is 1.58. The van der Waals surface area contributed by atoms with Crippen molar-refractivity contribution < 1.29 is 39.2 Å². The molecule has 0 radical (unpaired) electrons. The number of β-amino-alcohol motifs (C(OH)–C–C–N with tert-alkyl or cyclic N) is 1. The zero-order valence-corrected chi connectivity index (χ0v) is 26.1. The number of carboxylic acids is 1. The summed E-state index contributed by atoms with van der Waals surface area (Å²) in [5.41, 5.74) is 4.18. The molecule has 4 atom stereocenters. The zero-order valence-electron chi connectivity index (χ0n) is 25.2. The van der Waals surface area contributed by atoms with E-state index in [4.69, 9.17) is 14.6 Å². The molecule has 0 aliphatic carbocycles. The fourth-order valence-electron chi connectivity index (χ4n) is 4.80. The van der Waals surface area contributed by atoms with Crippen LogP contribution in [0.4, 0.5) is 0 Å². The second-order valence-electron chi connectivity index (χ2n) is 11.7. The third-order valence-electron chi connectivity index (χ3n) is 7.17. The lowest BCUT2D eigenvalue weighted by atomic mass is 9.85. The van der Waals surface area contributed by atoms with Crippen molar-refractivity contribution in [1.29, 1.82) is 0 Å². The molecular weight excluding hydrogens is 576 g/mol. The Labute approximate surface area is 256 Å². The van der Waals surface area contributed by atoms with Gasteiger partial charge in [0.15, 0.2) is 0 Å². The zero-order chi connectivity index (χ0) is 31.6. The predicted molar refractivity (Wildman–Crippen MR) is 161 cm³/mol. The summed E-state index contributed by atoms with van der Waals surface area (Å²) in [5, 5.41) is 36.0. The summed E-state index contributed by atoms with van der Waals surface area (Å²) < 4.78 is 10.5. The molecule has 43 heavy (non-hydrogen) atoms. The standard InChI is InChI=1S/C30H44N4O8S/c1-19-26(43-18-32-19)21-7-5-20(6-8-21)16-31-28(39)23-15-22(35)17-34(23)29(40)27(30(2,3)4)33-24(36)9-11-41-13-14-42-12-10-25(37)38/h5-8,18,22-23,27-28,31,35,39H,9-17H2,1-4H3,(H,33,36)(H,37,38)/t22-,23+,27-,28?/m1/s1. The van der Waals surface area contributed by atoms with Crippen molar-refractivity contribution in [3.63, 3.8) is 0 Å². The Morgan fingerprint density at radius 1 is 1.09 bits per heavy atom. The summed E-state index contributed by atoms with van der Waals surface area (Å²) in [6.07, 6.45) is -1.75. The Kier molecular flexibility index (Phi) is 13.0. The Morgan fingerprint density at radius 3 is 2.33 bits per heavy atom. The number of carbonyl (C=O) groups excluding carboxylic acids is 2. The van der Waals surface area contributed by atoms with Crippen LogP contribution in [0.15, 0.2) is 29.8 Å². The molecule has 2 amide bonds. The van der Waals surface area contributed by atoms with E-state index < -0.39 is 35.8 Å². The number of amides is 2. The summed E-state index contributed by atoms with van der Waals surface area (Å²) in [6.45, 7) is 8.53. The molecule has 1 unspecified atom stereocenters. The van der Waals surface area contributed by atoms with Crippen molar-refractivity contribution in [3.05, 3.63) is 41.0 Å². The number of benzene rings is 1. The van der Waals surface area contributed by atoms with Crippen molar-refractivity contribution >= 4 is 29.1 Å². The largest absolute Gasteiger partial charge is 0.481 e. The molecule has 12 nitrogen and oxygen atoms in total. The molecule has 13 heteroatoms. The number of aliphatic carboxylic acids is 1. The number of likely N-dealkylation sites (tertiary alicyclic amines) is 1. The van der Waals surface area contributed by atoms with E-state index in [0.29, 0.717) is 6.54 Å². The van der Waals surface area contributed by atoms with Crippen LogP contribution in [-0.4, -0.2) is 100 Å². The molecule has 1 aliphatic rings.